The van der Waals surface area contributed by atoms with Crippen molar-refractivity contribution in [3.63, 3.8) is 0 Å². The van der Waals surface area contributed by atoms with Gasteiger partial charge in [0.25, 0.3) is 0 Å². The van der Waals surface area contributed by atoms with E-state index in [-0.39, 0.29) is 5.37 Å². The Kier molecular flexibility index (Phi) is 5.71. The number of hydrogen-bond acceptors (Lipinski definition) is 4. The molecule has 1 amide bonds. The largest absolute Gasteiger partial charge is 0.326 e. The van der Waals surface area contributed by atoms with Gasteiger partial charge in [-0.05, 0) is 62.8 Å². The third-order valence-corrected chi connectivity index (χ3v) is 6.44. The van der Waals surface area contributed by atoms with Crippen LogP contribution in [0, 0.1) is 0 Å². The zero-order valence-electron chi connectivity index (χ0n) is 13.2. The lowest BCUT2D eigenvalue weighted by Crippen LogP contribution is -2.31. The second-order valence-corrected chi connectivity index (χ2v) is 7.87. The molecule has 1 aromatic carbocycles. The van der Waals surface area contributed by atoms with Gasteiger partial charge in [0.1, 0.15) is 5.37 Å². The van der Waals surface area contributed by atoms with Gasteiger partial charge in [-0.15, -0.1) is 23.5 Å². The summed E-state index contributed by atoms with van der Waals surface area (Å²) in [6.07, 6.45) is 5.85. The summed E-state index contributed by atoms with van der Waals surface area (Å²) in [4.78, 5) is 18.1. The lowest BCUT2D eigenvalue weighted by molar-refractivity contribution is -0.128. The van der Waals surface area contributed by atoms with Crippen LogP contribution in [0.4, 0.5) is 0 Å². The molecule has 0 aromatic heterocycles. The van der Waals surface area contributed by atoms with Gasteiger partial charge in [-0.2, -0.15) is 0 Å². The summed E-state index contributed by atoms with van der Waals surface area (Å²) in [5.74, 6) is 0.920. The van der Waals surface area contributed by atoms with Crippen LogP contribution in [0.3, 0.4) is 0 Å². The average Bonchev–Trinajstić information content (AvgIpc) is 3.18. The third kappa shape index (κ3) is 3.81. The highest BCUT2D eigenvalue weighted by Crippen LogP contribution is 2.39. The van der Waals surface area contributed by atoms with Crippen molar-refractivity contribution in [3.05, 3.63) is 29.8 Å². The van der Waals surface area contributed by atoms with Crippen molar-refractivity contribution in [3.8, 4) is 0 Å². The topological polar surface area (TPSA) is 23.6 Å². The molecule has 0 N–H and O–H groups in total. The van der Waals surface area contributed by atoms with E-state index in [2.05, 4.69) is 40.3 Å². The van der Waals surface area contributed by atoms with Crippen molar-refractivity contribution in [2.24, 2.45) is 0 Å². The fraction of sp³-hybridized carbons (Fsp3) is 0.588. The molecule has 3 rings (SSSR count). The Morgan fingerprint density at radius 1 is 1.18 bits per heavy atom. The van der Waals surface area contributed by atoms with Crippen LogP contribution in [0.2, 0.25) is 0 Å². The summed E-state index contributed by atoms with van der Waals surface area (Å²) in [6, 6.07) is 8.67. The molecule has 0 saturated carbocycles. The standard InChI is InChI=1S/C17H24N2OS2/c1-21-15-7-5-14(6-8-15)17-19(16(20)13-22-17)12-4-11-18-9-2-3-10-18/h5-8,17H,2-4,9-13H2,1H3. The van der Waals surface area contributed by atoms with Crippen LogP contribution in [0.1, 0.15) is 30.2 Å². The minimum Gasteiger partial charge on any atom is -0.326 e. The fourth-order valence-electron chi connectivity index (χ4n) is 3.21. The quantitative estimate of drug-likeness (QED) is 0.742. The van der Waals surface area contributed by atoms with Crippen LogP contribution >= 0.6 is 23.5 Å². The van der Waals surface area contributed by atoms with Crippen LogP contribution < -0.4 is 0 Å². The molecule has 3 nitrogen and oxygen atoms in total. The molecule has 0 bridgehead atoms. The molecule has 2 fully saturated rings. The molecule has 5 heteroatoms. The van der Waals surface area contributed by atoms with Crippen LogP contribution in [0.5, 0.6) is 0 Å². The summed E-state index contributed by atoms with van der Waals surface area (Å²) in [5.41, 5.74) is 1.26. The maximum atomic E-state index is 12.2. The number of amides is 1. The van der Waals surface area contributed by atoms with Crippen LogP contribution in [-0.4, -0.2) is 53.9 Å². The van der Waals surface area contributed by atoms with Crippen molar-refractivity contribution in [2.45, 2.75) is 29.5 Å². The van der Waals surface area contributed by atoms with E-state index in [9.17, 15) is 4.79 Å². The normalized spacial score (nSPS) is 22.7. The van der Waals surface area contributed by atoms with E-state index in [0.717, 1.165) is 19.5 Å². The Labute approximate surface area is 141 Å². The van der Waals surface area contributed by atoms with Crippen LogP contribution in [0.25, 0.3) is 0 Å². The number of hydrogen-bond donors (Lipinski definition) is 0. The highest BCUT2D eigenvalue weighted by molar-refractivity contribution is 8.00. The molecule has 1 unspecified atom stereocenters. The van der Waals surface area contributed by atoms with E-state index >= 15 is 0 Å². The molecule has 120 valence electrons. The van der Waals surface area contributed by atoms with Gasteiger partial charge < -0.3 is 9.80 Å². The monoisotopic (exact) mass is 336 g/mol. The Bertz CT molecular complexity index is 500. The van der Waals surface area contributed by atoms with Gasteiger partial charge >= 0.3 is 0 Å². The zero-order chi connectivity index (χ0) is 15.4. The average molecular weight is 337 g/mol. The van der Waals surface area contributed by atoms with Crippen LogP contribution in [-0.2, 0) is 4.79 Å². The van der Waals surface area contributed by atoms with Gasteiger partial charge in [-0.1, -0.05) is 12.1 Å². The number of carbonyl (C=O) groups excluding carboxylic acids is 1. The van der Waals surface area contributed by atoms with Crippen molar-refractivity contribution in [2.75, 3.05) is 38.2 Å². The number of rotatable bonds is 6. The minimum atomic E-state index is 0.210. The van der Waals surface area contributed by atoms with Crippen molar-refractivity contribution in [1.29, 1.82) is 0 Å². The molecule has 2 aliphatic rings. The number of nitrogens with zero attached hydrogens (tertiary/aromatic N) is 2. The first-order valence-electron chi connectivity index (χ1n) is 8.05. The van der Waals surface area contributed by atoms with Crippen molar-refractivity contribution < 1.29 is 4.79 Å². The Balaban J connectivity index is 1.58. The summed E-state index contributed by atoms with van der Waals surface area (Å²) in [5, 5.41) is 0.210. The van der Waals surface area contributed by atoms with Crippen molar-refractivity contribution >= 4 is 29.4 Å². The Morgan fingerprint density at radius 2 is 1.91 bits per heavy atom. The molecule has 2 heterocycles. The number of likely N-dealkylation sites (tertiary alicyclic amines) is 1. The molecule has 2 aliphatic heterocycles. The molecule has 0 radical (unpaired) electrons. The maximum Gasteiger partial charge on any atom is 0.233 e. The van der Waals surface area contributed by atoms with Gasteiger partial charge in [-0.3, -0.25) is 4.79 Å². The second kappa shape index (κ2) is 7.75. The van der Waals surface area contributed by atoms with Gasteiger partial charge in [0.2, 0.25) is 5.91 Å². The highest BCUT2D eigenvalue weighted by Gasteiger charge is 2.32. The van der Waals surface area contributed by atoms with Gasteiger partial charge in [0.05, 0.1) is 5.75 Å². The Hall–Kier alpha value is -0.650. The lowest BCUT2D eigenvalue weighted by atomic mass is 10.2. The summed E-state index contributed by atoms with van der Waals surface area (Å²) < 4.78 is 0. The minimum absolute atomic E-state index is 0.210. The van der Waals surface area contributed by atoms with Gasteiger partial charge in [0.15, 0.2) is 0 Å². The fourth-order valence-corrected chi connectivity index (χ4v) is 4.84. The SMILES string of the molecule is CSc1ccc(C2SCC(=O)N2CCCN2CCCC2)cc1. The number of thioether (sulfide) groups is 2. The predicted molar refractivity (Wildman–Crippen MR) is 95.4 cm³/mol. The van der Waals surface area contributed by atoms with E-state index in [4.69, 9.17) is 0 Å². The third-order valence-electron chi connectivity index (χ3n) is 4.44. The van der Waals surface area contributed by atoms with Crippen LogP contribution in [0.15, 0.2) is 29.2 Å². The number of carbonyl (C=O) groups is 1. The van der Waals surface area contributed by atoms with E-state index < -0.39 is 0 Å². The summed E-state index contributed by atoms with van der Waals surface area (Å²) in [6.45, 7) is 4.49. The van der Waals surface area contributed by atoms with E-state index in [1.165, 1.54) is 36.4 Å². The second-order valence-electron chi connectivity index (χ2n) is 5.93. The van der Waals surface area contributed by atoms with E-state index in [1.54, 1.807) is 23.5 Å². The van der Waals surface area contributed by atoms with E-state index in [1.807, 2.05) is 0 Å². The predicted octanol–water partition coefficient (Wildman–Crippen LogP) is 3.47. The summed E-state index contributed by atoms with van der Waals surface area (Å²) in [7, 11) is 0. The molecule has 1 aromatic rings. The van der Waals surface area contributed by atoms with Crippen molar-refractivity contribution in [1.82, 2.24) is 9.80 Å². The first-order chi connectivity index (χ1) is 10.8. The first kappa shape index (κ1) is 16.2. The summed E-state index contributed by atoms with van der Waals surface area (Å²) >= 11 is 3.52. The smallest absolute Gasteiger partial charge is 0.233 e. The molecule has 0 aliphatic carbocycles. The van der Waals surface area contributed by atoms with E-state index in [0.29, 0.717) is 11.7 Å². The molecular formula is C17H24N2OS2. The molecular weight excluding hydrogens is 312 g/mol. The maximum absolute atomic E-state index is 12.2. The lowest BCUT2D eigenvalue weighted by Gasteiger charge is -2.25. The zero-order valence-corrected chi connectivity index (χ0v) is 14.8. The first-order valence-corrected chi connectivity index (χ1v) is 10.3. The number of benzene rings is 1. The molecule has 2 saturated heterocycles. The highest BCUT2D eigenvalue weighted by atomic mass is 32.2. The molecule has 1 atom stereocenters. The Morgan fingerprint density at radius 3 is 2.59 bits per heavy atom. The molecule has 0 spiro atoms. The van der Waals surface area contributed by atoms with Gasteiger partial charge in [-0.25, -0.2) is 0 Å². The molecule has 22 heavy (non-hydrogen) atoms. The van der Waals surface area contributed by atoms with Gasteiger partial charge in [0, 0.05) is 11.4 Å².